The summed E-state index contributed by atoms with van der Waals surface area (Å²) >= 11 is 0. The van der Waals surface area contributed by atoms with Gasteiger partial charge in [-0.25, -0.2) is 4.39 Å². The van der Waals surface area contributed by atoms with Crippen molar-refractivity contribution in [3.05, 3.63) is 24.0 Å². The van der Waals surface area contributed by atoms with Gasteiger partial charge in [-0.1, -0.05) is 0 Å². The smallest absolute Gasteiger partial charge is 0.145 e. The monoisotopic (exact) mass is 196 g/mol. The summed E-state index contributed by atoms with van der Waals surface area (Å²) in [4.78, 5) is 0. The summed E-state index contributed by atoms with van der Waals surface area (Å²) in [6, 6.07) is 4.60. The number of halogens is 1. The molecule has 4 heteroatoms. The van der Waals surface area contributed by atoms with Crippen LogP contribution in [0.25, 0.3) is 0 Å². The van der Waals surface area contributed by atoms with E-state index >= 15 is 0 Å². The molecule has 0 saturated carbocycles. The Labute approximate surface area is 82.1 Å². The molecule has 0 spiro atoms. The van der Waals surface area contributed by atoms with Crippen LogP contribution in [0.2, 0.25) is 0 Å². The Morgan fingerprint density at radius 3 is 3.07 bits per heavy atom. The second kappa shape index (κ2) is 3.46. The van der Waals surface area contributed by atoms with Crippen molar-refractivity contribution in [2.24, 2.45) is 5.73 Å². The van der Waals surface area contributed by atoms with E-state index < -0.39 is 0 Å². The molecule has 1 aromatic carbocycles. The van der Waals surface area contributed by atoms with Crippen molar-refractivity contribution in [3.63, 3.8) is 0 Å². The fraction of sp³-hybridized carbons (Fsp3) is 0.400. The van der Waals surface area contributed by atoms with Crippen molar-refractivity contribution < 1.29 is 9.13 Å². The van der Waals surface area contributed by atoms with Gasteiger partial charge in [0.1, 0.15) is 17.7 Å². The van der Waals surface area contributed by atoms with Crippen LogP contribution in [0, 0.1) is 5.82 Å². The molecule has 3 nitrogen and oxygen atoms in total. The van der Waals surface area contributed by atoms with Gasteiger partial charge in [-0.2, -0.15) is 0 Å². The van der Waals surface area contributed by atoms with Gasteiger partial charge in [-0.3, -0.25) is 0 Å². The Kier molecular flexibility index (Phi) is 2.29. The van der Waals surface area contributed by atoms with Crippen molar-refractivity contribution >= 4 is 5.69 Å². The van der Waals surface area contributed by atoms with E-state index in [0.717, 1.165) is 5.69 Å². The van der Waals surface area contributed by atoms with E-state index in [2.05, 4.69) is 5.32 Å². The van der Waals surface area contributed by atoms with E-state index in [1.807, 2.05) is 6.92 Å². The van der Waals surface area contributed by atoms with E-state index in [4.69, 9.17) is 10.5 Å². The summed E-state index contributed by atoms with van der Waals surface area (Å²) in [5, 5.41) is 3.22. The molecule has 0 bridgehead atoms. The molecule has 0 saturated heterocycles. The molecule has 0 aliphatic carbocycles. The highest BCUT2D eigenvalue weighted by molar-refractivity contribution is 5.58. The fourth-order valence-corrected chi connectivity index (χ4v) is 1.57. The second-order valence-electron chi connectivity index (χ2n) is 3.47. The van der Waals surface area contributed by atoms with Gasteiger partial charge in [0.25, 0.3) is 0 Å². The van der Waals surface area contributed by atoms with Crippen molar-refractivity contribution in [3.8, 4) is 5.75 Å². The molecule has 1 aliphatic heterocycles. The lowest BCUT2D eigenvalue weighted by Crippen LogP contribution is -2.44. The molecule has 1 aromatic rings. The maximum absolute atomic E-state index is 12.9. The summed E-state index contributed by atoms with van der Waals surface area (Å²) in [6.45, 7) is 2.41. The quantitative estimate of drug-likeness (QED) is 0.712. The van der Waals surface area contributed by atoms with Gasteiger partial charge in [-0.15, -0.1) is 0 Å². The van der Waals surface area contributed by atoms with Crippen LogP contribution in [0.3, 0.4) is 0 Å². The Hall–Kier alpha value is -1.29. The number of hydrogen-bond donors (Lipinski definition) is 2. The van der Waals surface area contributed by atoms with E-state index in [1.165, 1.54) is 12.1 Å². The van der Waals surface area contributed by atoms with Crippen molar-refractivity contribution in [1.82, 2.24) is 0 Å². The number of hydrogen-bond acceptors (Lipinski definition) is 3. The van der Waals surface area contributed by atoms with E-state index in [0.29, 0.717) is 12.3 Å². The summed E-state index contributed by atoms with van der Waals surface area (Å²) in [5.74, 6) is 0.245. The third-order valence-corrected chi connectivity index (χ3v) is 2.40. The highest BCUT2D eigenvalue weighted by Crippen LogP contribution is 2.31. The van der Waals surface area contributed by atoms with Crippen molar-refractivity contribution in [2.75, 3.05) is 11.9 Å². The summed E-state index contributed by atoms with van der Waals surface area (Å²) in [5.41, 5.74) is 6.35. The van der Waals surface area contributed by atoms with Crippen LogP contribution < -0.4 is 15.8 Å². The number of nitrogens with two attached hydrogens (primary N) is 1. The molecule has 1 aliphatic rings. The first-order valence-corrected chi connectivity index (χ1v) is 4.63. The van der Waals surface area contributed by atoms with Crippen LogP contribution in [0.4, 0.5) is 10.1 Å². The molecule has 0 radical (unpaired) electrons. The highest BCUT2D eigenvalue weighted by atomic mass is 19.1. The third-order valence-electron chi connectivity index (χ3n) is 2.40. The van der Waals surface area contributed by atoms with Gasteiger partial charge >= 0.3 is 0 Å². The average Bonchev–Trinajstić information content (AvgIpc) is 2.17. The van der Waals surface area contributed by atoms with E-state index in [1.54, 1.807) is 6.07 Å². The zero-order valence-electron chi connectivity index (χ0n) is 7.96. The van der Waals surface area contributed by atoms with Gasteiger partial charge in [0, 0.05) is 12.6 Å². The minimum absolute atomic E-state index is 0.0932. The lowest BCUT2D eigenvalue weighted by Gasteiger charge is -2.32. The molecule has 2 rings (SSSR count). The molecular weight excluding hydrogens is 183 g/mol. The van der Waals surface area contributed by atoms with Crippen LogP contribution in [-0.2, 0) is 0 Å². The van der Waals surface area contributed by atoms with Crippen LogP contribution in [0.5, 0.6) is 5.75 Å². The molecule has 0 amide bonds. The number of fused-ring (bicyclic) bond motifs is 1. The topological polar surface area (TPSA) is 47.3 Å². The van der Waals surface area contributed by atoms with Gasteiger partial charge in [-0.05, 0) is 19.1 Å². The standard InChI is InChI=1S/C10H13FN2O/c1-6-10(5-12)14-9-4-7(11)2-3-8(9)13-6/h2-4,6,10,13H,5,12H2,1H3. The number of anilines is 1. The van der Waals surface area contributed by atoms with Crippen LogP contribution in [-0.4, -0.2) is 18.7 Å². The zero-order chi connectivity index (χ0) is 10.1. The first kappa shape index (κ1) is 9.27. The van der Waals surface area contributed by atoms with Crippen LogP contribution in [0.1, 0.15) is 6.92 Å². The predicted molar refractivity (Wildman–Crippen MR) is 53.0 cm³/mol. The summed E-state index contributed by atoms with van der Waals surface area (Å²) in [6.07, 6.45) is -0.0932. The number of nitrogens with one attached hydrogen (secondary N) is 1. The fourth-order valence-electron chi connectivity index (χ4n) is 1.57. The highest BCUT2D eigenvalue weighted by Gasteiger charge is 2.24. The maximum atomic E-state index is 12.9. The van der Waals surface area contributed by atoms with Gasteiger partial charge < -0.3 is 15.8 Å². The van der Waals surface area contributed by atoms with Crippen LogP contribution >= 0.6 is 0 Å². The van der Waals surface area contributed by atoms with E-state index in [9.17, 15) is 4.39 Å². The van der Waals surface area contributed by atoms with Crippen LogP contribution in [0.15, 0.2) is 18.2 Å². The molecule has 0 fully saturated rings. The average molecular weight is 196 g/mol. The van der Waals surface area contributed by atoms with E-state index in [-0.39, 0.29) is 18.0 Å². The number of ether oxygens (including phenoxy) is 1. The molecule has 2 unspecified atom stereocenters. The van der Waals surface area contributed by atoms with Crippen molar-refractivity contribution in [1.29, 1.82) is 0 Å². The minimum Gasteiger partial charge on any atom is -0.485 e. The largest absolute Gasteiger partial charge is 0.485 e. The molecule has 3 N–H and O–H groups in total. The normalized spacial score (nSPS) is 24.8. The third kappa shape index (κ3) is 1.53. The molecular formula is C10H13FN2O. The predicted octanol–water partition coefficient (Wildman–Crippen LogP) is 1.35. The minimum atomic E-state index is -0.295. The van der Waals surface area contributed by atoms with Gasteiger partial charge in [0.05, 0.1) is 11.7 Å². The summed E-state index contributed by atoms with van der Waals surface area (Å²) in [7, 11) is 0. The van der Waals surface area contributed by atoms with Gasteiger partial charge in [0.15, 0.2) is 0 Å². The second-order valence-corrected chi connectivity index (χ2v) is 3.47. The maximum Gasteiger partial charge on any atom is 0.145 e. The lowest BCUT2D eigenvalue weighted by molar-refractivity contribution is 0.181. The van der Waals surface area contributed by atoms with Gasteiger partial charge in [0.2, 0.25) is 0 Å². The Bertz CT molecular complexity index is 343. The Morgan fingerprint density at radius 2 is 2.36 bits per heavy atom. The molecule has 76 valence electrons. The first-order chi connectivity index (χ1) is 6.70. The van der Waals surface area contributed by atoms with Crippen molar-refractivity contribution in [2.45, 2.75) is 19.1 Å². The Balaban J connectivity index is 2.31. The number of benzene rings is 1. The zero-order valence-corrected chi connectivity index (χ0v) is 7.96. The molecule has 1 heterocycles. The summed E-state index contributed by atoms with van der Waals surface area (Å²) < 4.78 is 18.4. The first-order valence-electron chi connectivity index (χ1n) is 4.63. The molecule has 14 heavy (non-hydrogen) atoms. The Morgan fingerprint density at radius 1 is 1.57 bits per heavy atom. The number of rotatable bonds is 1. The SMILES string of the molecule is CC1Nc2ccc(F)cc2OC1CN. The molecule has 2 atom stereocenters. The lowest BCUT2D eigenvalue weighted by atomic mass is 10.1. The molecule has 0 aromatic heterocycles.